The van der Waals surface area contributed by atoms with E-state index in [1.54, 1.807) is 18.3 Å². The van der Waals surface area contributed by atoms with E-state index in [9.17, 15) is 4.39 Å². The van der Waals surface area contributed by atoms with Crippen molar-refractivity contribution in [1.82, 2.24) is 15.2 Å². The molecule has 2 aromatic carbocycles. The van der Waals surface area contributed by atoms with Crippen LogP contribution < -0.4 is 10.2 Å². The number of benzene rings is 2. The lowest BCUT2D eigenvalue weighted by Crippen LogP contribution is -2.18. The molecule has 0 spiro atoms. The van der Waals surface area contributed by atoms with Crippen LogP contribution in [0, 0.1) is 5.82 Å². The van der Waals surface area contributed by atoms with Crippen molar-refractivity contribution in [2.24, 2.45) is 0 Å². The number of para-hydroxylation sites is 1. The lowest BCUT2D eigenvalue weighted by Gasteiger charge is -2.17. The van der Waals surface area contributed by atoms with Crippen molar-refractivity contribution in [3.63, 3.8) is 0 Å². The second-order valence-electron chi connectivity index (χ2n) is 5.94. The number of aromatic nitrogens is 3. The van der Waals surface area contributed by atoms with Gasteiger partial charge in [0.2, 0.25) is 0 Å². The normalized spacial score (nSPS) is 12.9. The summed E-state index contributed by atoms with van der Waals surface area (Å²) in [5.74, 6) is 1.05. The quantitative estimate of drug-likeness (QED) is 0.775. The molecule has 6 heteroatoms. The van der Waals surface area contributed by atoms with Gasteiger partial charge in [-0.3, -0.25) is 0 Å². The highest BCUT2D eigenvalue weighted by Gasteiger charge is 2.22. The minimum atomic E-state index is -0.181. The molecule has 126 valence electrons. The maximum atomic E-state index is 13.7. The highest BCUT2D eigenvalue weighted by molar-refractivity contribution is 5.65. The van der Waals surface area contributed by atoms with Crippen LogP contribution in [0.15, 0.2) is 54.7 Å². The van der Waals surface area contributed by atoms with E-state index in [1.807, 2.05) is 18.2 Å². The van der Waals surface area contributed by atoms with Crippen molar-refractivity contribution < 1.29 is 4.39 Å². The number of hydrogen-bond acceptors (Lipinski definition) is 5. The molecule has 4 rings (SSSR count). The van der Waals surface area contributed by atoms with Crippen molar-refractivity contribution in [3.05, 3.63) is 71.7 Å². The fourth-order valence-corrected chi connectivity index (χ4v) is 3.07. The van der Waals surface area contributed by atoms with Crippen LogP contribution in [-0.2, 0) is 12.8 Å². The van der Waals surface area contributed by atoms with Crippen molar-refractivity contribution >= 4 is 17.5 Å². The fraction of sp³-hybridized carbons (Fsp3) is 0.211. The number of rotatable bonds is 5. The van der Waals surface area contributed by atoms with Crippen LogP contribution in [0.5, 0.6) is 0 Å². The molecule has 25 heavy (non-hydrogen) atoms. The van der Waals surface area contributed by atoms with Crippen molar-refractivity contribution in [1.29, 1.82) is 0 Å². The minimum absolute atomic E-state index is 0.181. The predicted molar refractivity (Wildman–Crippen MR) is 95.6 cm³/mol. The molecule has 0 atom stereocenters. The van der Waals surface area contributed by atoms with E-state index < -0.39 is 0 Å². The van der Waals surface area contributed by atoms with Crippen LogP contribution in [0.25, 0.3) is 0 Å². The topological polar surface area (TPSA) is 53.9 Å². The summed E-state index contributed by atoms with van der Waals surface area (Å²) in [7, 11) is 0. The molecule has 0 radical (unpaired) electrons. The highest BCUT2D eigenvalue weighted by atomic mass is 19.1. The van der Waals surface area contributed by atoms with E-state index in [0.717, 1.165) is 18.7 Å². The molecule has 0 bridgehead atoms. The molecule has 0 amide bonds. The third-order valence-corrected chi connectivity index (χ3v) is 4.33. The molecule has 0 unspecified atom stereocenters. The summed E-state index contributed by atoms with van der Waals surface area (Å²) in [6.45, 7) is 1.43. The van der Waals surface area contributed by atoms with Gasteiger partial charge < -0.3 is 10.2 Å². The molecule has 3 aromatic rings. The van der Waals surface area contributed by atoms with Gasteiger partial charge in [0.05, 0.1) is 6.20 Å². The van der Waals surface area contributed by atoms with E-state index >= 15 is 0 Å². The van der Waals surface area contributed by atoms with Crippen LogP contribution in [0.3, 0.4) is 0 Å². The van der Waals surface area contributed by atoms with Crippen LogP contribution in [0.4, 0.5) is 21.8 Å². The van der Waals surface area contributed by atoms with E-state index in [1.165, 1.54) is 11.6 Å². The summed E-state index contributed by atoms with van der Waals surface area (Å²) in [5, 5.41) is 11.4. The van der Waals surface area contributed by atoms with Gasteiger partial charge in [-0.2, -0.15) is 10.1 Å². The number of halogens is 1. The smallest absolute Gasteiger partial charge is 0.251 e. The van der Waals surface area contributed by atoms with Gasteiger partial charge in [-0.15, -0.1) is 5.10 Å². The first-order valence-corrected chi connectivity index (χ1v) is 8.34. The van der Waals surface area contributed by atoms with E-state index in [-0.39, 0.29) is 5.82 Å². The Labute approximate surface area is 145 Å². The summed E-state index contributed by atoms with van der Waals surface area (Å²) in [5.41, 5.74) is 3.11. The Bertz CT molecular complexity index is 883. The van der Waals surface area contributed by atoms with Crippen LogP contribution >= 0.6 is 0 Å². The molecule has 0 saturated carbocycles. The largest absolute Gasteiger partial charge is 0.368 e. The Morgan fingerprint density at radius 2 is 1.92 bits per heavy atom. The Kier molecular flexibility index (Phi) is 4.24. The molecule has 1 aliphatic rings. The number of nitrogens with one attached hydrogen (secondary N) is 1. The van der Waals surface area contributed by atoms with E-state index in [2.05, 4.69) is 37.5 Å². The lowest BCUT2D eigenvalue weighted by molar-refractivity contribution is 0.610. The zero-order valence-corrected chi connectivity index (χ0v) is 13.7. The van der Waals surface area contributed by atoms with Crippen molar-refractivity contribution in [2.45, 2.75) is 12.8 Å². The number of anilines is 3. The highest BCUT2D eigenvalue weighted by Crippen LogP contribution is 2.32. The summed E-state index contributed by atoms with van der Waals surface area (Å²) < 4.78 is 13.7. The van der Waals surface area contributed by atoms with Gasteiger partial charge in [0.1, 0.15) is 5.82 Å². The summed E-state index contributed by atoms with van der Waals surface area (Å²) >= 11 is 0. The van der Waals surface area contributed by atoms with Gasteiger partial charge >= 0.3 is 0 Å². The summed E-state index contributed by atoms with van der Waals surface area (Å²) in [6.07, 6.45) is 3.15. The van der Waals surface area contributed by atoms with Crippen molar-refractivity contribution in [2.75, 3.05) is 23.3 Å². The molecule has 2 heterocycles. The van der Waals surface area contributed by atoms with Crippen LogP contribution in [-0.4, -0.2) is 28.3 Å². The van der Waals surface area contributed by atoms with Gasteiger partial charge in [0, 0.05) is 18.8 Å². The average molecular weight is 335 g/mol. The first-order valence-electron chi connectivity index (χ1n) is 8.34. The second kappa shape index (κ2) is 6.84. The van der Waals surface area contributed by atoms with Crippen molar-refractivity contribution in [3.8, 4) is 0 Å². The SMILES string of the molecule is Fc1ccccc1CCNc1cnnc(N2CCc3ccccc32)n1. The first kappa shape index (κ1) is 15.5. The minimum Gasteiger partial charge on any atom is -0.368 e. The Morgan fingerprint density at radius 3 is 2.84 bits per heavy atom. The van der Waals surface area contributed by atoms with Gasteiger partial charge in [-0.05, 0) is 36.1 Å². The summed E-state index contributed by atoms with van der Waals surface area (Å²) in [4.78, 5) is 6.63. The third-order valence-electron chi connectivity index (χ3n) is 4.33. The maximum absolute atomic E-state index is 13.7. The standard InChI is InChI=1S/C19H18FN5/c20-16-7-3-1-5-14(16)9-11-21-18-13-22-24-19(23-18)25-12-10-15-6-2-4-8-17(15)25/h1-8,13H,9-12H2,(H,21,23,24). The van der Waals surface area contributed by atoms with Crippen LogP contribution in [0.1, 0.15) is 11.1 Å². The molecular formula is C19H18FN5. The zero-order valence-electron chi connectivity index (χ0n) is 13.7. The average Bonchev–Trinajstić information content (AvgIpc) is 3.08. The Hall–Kier alpha value is -3.02. The molecule has 0 aliphatic carbocycles. The van der Waals surface area contributed by atoms with Gasteiger partial charge in [0.25, 0.3) is 5.95 Å². The number of fused-ring (bicyclic) bond motifs is 1. The third kappa shape index (κ3) is 3.28. The number of hydrogen-bond donors (Lipinski definition) is 1. The molecule has 1 aliphatic heterocycles. The second-order valence-corrected chi connectivity index (χ2v) is 5.94. The molecule has 0 fully saturated rings. The lowest BCUT2D eigenvalue weighted by atomic mass is 10.1. The Balaban J connectivity index is 1.45. The first-order chi connectivity index (χ1) is 12.3. The zero-order chi connectivity index (χ0) is 17.1. The molecule has 1 aromatic heterocycles. The Morgan fingerprint density at radius 1 is 1.08 bits per heavy atom. The van der Waals surface area contributed by atoms with Gasteiger partial charge in [-0.25, -0.2) is 4.39 Å². The molecule has 5 nitrogen and oxygen atoms in total. The number of nitrogens with zero attached hydrogens (tertiary/aromatic N) is 4. The molecular weight excluding hydrogens is 317 g/mol. The molecule has 1 N–H and O–H groups in total. The summed E-state index contributed by atoms with van der Waals surface area (Å²) in [6, 6.07) is 15.1. The fourth-order valence-electron chi connectivity index (χ4n) is 3.07. The monoisotopic (exact) mass is 335 g/mol. The van der Waals surface area contributed by atoms with E-state index in [4.69, 9.17) is 0 Å². The maximum Gasteiger partial charge on any atom is 0.251 e. The van der Waals surface area contributed by atoms with Gasteiger partial charge in [-0.1, -0.05) is 36.4 Å². The van der Waals surface area contributed by atoms with Gasteiger partial charge in [0.15, 0.2) is 5.82 Å². The molecule has 0 saturated heterocycles. The van der Waals surface area contributed by atoms with E-state index in [0.29, 0.717) is 30.3 Å². The van der Waals surface area contributed by atoms with Crippen LogP contribution in [0.2, 0.25) is 0 Å². The predicted octanol–water partition coefficient (Wildman–Crippen LogP) is 3.36.